The molecule has 2 N–H and O–H groups in total. The minimum absolute atomic E-state index is 0.00231. The van der Waals surface area contributed by atoms with E-state index in [2.05, 4.69) is 4.74 Å². The van der Waals surface area contributed by atoms with Crippen LogP contribution >= 0.6 is 0 Å². The molecule has 1 fully saturated rings. The number of carbonyl (C=O) groups excluding carboxylic acids is 3. The quantitative estimate of drug-likeness (QED) is 0.557. The highest BCUT2D eigenvalue weighted by molar-refractivity contribution is 6.06. The maximum absolute atomic E-state index is 10.8. The van der Waals surface area contributed by atoms with Gasteiger partial charge in [-0.2, -0.15) is 0 Å². The number of rotatable bonds is 6. The van der Waals surface area contributed by atoms with Gasteiger partial charge in [0, 0.05) is 18.8 Å². The van der Waals surface area contributed by atoms with Gasteiger partial charge in [0.15, 0.2) is 0 Å². The van der Waals surface area contributed by atoms with Crippen molar-refractivity contribution < 1.29 is 34.1 Å². The Morgan fingerprint density at radius 1 is 1.29 bits per heavy atom. The second-order valence-electron chi connectivity index (χ2n) is 5.63. The molecule has 0 amide bonds. The lowest BCUT2D eigenvalue weighted by Gasteiger charge is -2.06. The summed E-state index contributed by atoms with van der Waals surface area (Å²) >= 11 is 0. The number of hydrogen-bond donors (Lipinski definition) is 2. The maximum Gasteiger partial charge on any atom is 0.308 e. The number of aliphatic hydroxyl groups is 1. The minimum Gasteiger partial charge on any atom is -0.481 e. The zero-order valence-electron chi connectivity index (χ0n) is 15.0. The largest absolute Gasteiger partial charge is 0.481 e. The Kier molecular flexibility index (Phi) is 15.1. The molecule has 1 saturated carbocycles. The van der Waals surface area contributed by atoms with Gasteiger partial charge in [-0.15, -0.1) is 0 Å². The van der Waals surface area contributed by atoms with Crippen molar-refractivity contribution in [3.63, 3.8) is 0 Å². The Morgan fingerprint density at radius 3 is 2.08 bits per heavy atom. The van der Waals surface area contributed by atoms with E-state index in [-0.39, 0.29) is 49.0 Å². The monoisotopic (exact) mass is 346 g/mol. The maximum atomic E-state index is 10.8. The molecular formula is C17H30O7. The first-order valence-corrected chi connectivity index (χ1v) is 8.23. The summed E-state index contributed by atoms with van der Waals surface area (Å²) in [5.41, 5.74) is 0. The zero-order valence-corrected chi connectivity index (χ0v) is 15.0. The molecule has 0 aromatic rings. The van der Waals surface area contributed by atoms with Crippen molar-refractivity contribution in [1.82, 2.24) is 0 Å². The van der Waals surface area contributed by atoms with Crippen LogP contribution in [0.4, 0.5) is 0 Å². The van der Waals surface area contributed by atoms with Crippen LogP contribution in [0, 0.1) is 11.8 Å². The van der Waals surface area contributed by atoms with E-state index in [1.54, 1.807) is 13.8 Å². The third-order valence-electron chi connectivity index (χ3n) is 3.27. The highest BCUT2D eigenvalue weighted by atomic mass is 16.5. The summed E-state index contributed by atoms with van der Waals surface area (Å²) in [6, 6.07) is 0. The average Bonchev–Trinajstić information content (AvgIpc) is 2.81. The molecule has 0 bridgehead atoms. The third-order valence-corrected chi connectivity index (χ3v) is 3.27. The van der Waals surface area contributed by atoms with Crippen molar-refractivity contribution in [3.8, 4) is 0 Å². The van der Waals surface area contributed by atoms with Gasteiger partial charge in [0.2, 0.25) is 0 Å². The summed E-state index contributed by atoms with van der Waals surface area (Å²) < 4.78 is 4.65. The lowest BCUT2D eigenvalue weighted by atomic mass is 10.1. The van der Waals surface area contributed by atoms with E-state index in [4.69, 9.17) is 10.2 Å². The van der Waals surface area contributed by atoms with Gasteiger partial charge >= 0.3 is 11.9 Å². The lowest BCUT2D eigenvalue weighted by Crippen LogP contribution is -2.15. The first-order valence-electron chi connectivity index (χ1n) is 8.23. The Labute approximate surface area is 143 Å². The zero-order chi connectivity index (χ0) is 19.1. The topological polar surface area (TPSA) is 118 Å². The second-order valence-corrected chi connectivity index (χ2v) is 5.63. The summed E-state index contributed by atoms with van der Waals surface area (Å²) in [6.07, 6.45) is 2.46. The number of aliphatic carboxylic acids is 1. The molecule has 0 heterocycles. The van der Waals surface area contributed by atoms with E-state index in [9.17, 15) is 19.2 Å². The molecule has 0 aliphatic heterocycles. The number of hydrogen-bond acceptors (Lipinski definition) is 6. The van der Waals surface area contributed by atoms with Crippen LogP contribution in [0.15, 0.2) is 0 Å². The van der Waals surface area contributed by atoms with E-state index in [1.807, 2.05) is 13.8 Å². The molecular weight excluding hydrogens is 316 g/mol. The summed E-state index contributed by atoms with van der Waals surface area (Å²) in [6.45, 7) is 7.39. The molecule has 2 unspecified atom stereocenters. The fraction of sp³-hybridized carbons (Fsp3) is 0.765. The van der Waals surface area contributed by atoms with E-state index in [0.29, 0.717) is 12.8 Å². The number of ketones is 2. The summed E-state index contributed by atoms with van der Waals surface area (Å²) in [7, 11) is 0. The molecule has 7 heteroatoms. The van der Waals surface area contributed by atoms with E-state index < -0.39 is 5.97 Å². The highest BCUT2D eigenvalue weighted by Crippen LogP contribution is 2.16. The highest BCUT2D eigenvalue weighted by Gasteiger charge is 2.26. The Morgan fingerprint density at radius 2 is 1.88 bits per heavy atom. The lowest BCUT2D eigenvalue weighted by molar-refractivity contribution is -0.149. The summed E-state index contributed by atoms with van der Waals surface area (Å²) in [5.74, 6) is -0.777. The van der Waals surface area contributed by atoms with Gasteiger partial charge in [-0.25, -0.2) is 0 Å². The first-order chi connectivity index (χ1) is 11.2. The molecule has 24 heavy (non-hydrogen) atoms. The van der Waals surface area contributed by atoms with Gasteiger partial charge < -0.3 is 14.9 Å². The summed E-state index contributed by atoms with van der Waals surface area (Å²) in [5, 5.41) is 16.2. The van der Waals surface area contributed by atoms with Crippen molar-refractivity contribution in [2.24, 2.45) is 11.8 Å². The van der Waals surface area contributed by atoms with Crippen LogP contribution in [-0.4, -0.2) is 46.9 Å². The predicted molar refractivity (Wildman–Crippen MR) is 88.5 cm³/mol. The van der Waals surface area contributed by atoms with Crippen LogP contribution < -0.4 is 0 Å². The molecule has 1 aliphatic carbocycles. The van der Waals surface area contributed by atoms with Crippen LogP contribution in [0.3, 0.4) is 0 Å². The Balaban J connectivity index is 0. The van der Waals surface area contributed by atoms with Gasteiger partial charge in [-0.05, 0) is 12.8 Å². The van der Waals surface area contributed by atoms with Gasteiger partial charge in [-0.1, -0.05) is 27.7 Å². The SMILES string of the molecule is CC1CC(=O)CC1=O.CCC(C)C(=O)OCCO.CCCC(=O)O. The minimum atomic E-state index is -0.711. The smallest absolute Gasteiger partial charge is 0.308 e. The number of Topliss-reactive ketones (excluding diaryl/α,β-unsaturated/α-hetero) is 2. The molecule has 1 rings (SSSR count). The molecule has 0 spiro atoms. The number of carboxylic acids is 1. The number of carboxylic acid groups (broad SMARTS) is 1. The fourth-order valence-electron chi connectivity index (χ4n) is 1.57. The molecule has 7 nitrogen and oxygen atoms in total. The van der Waals surface area contributed by atoms with E-state index in [0.717, 1.165) is 12.8 Å². The molecule has 0 radical (unpaired) electrons. The average molecular weight is 346 g/mol. The van der Waals surface area contributed by atoms with Gasteiger partial charge in [0.1, 0.15) is 18.2 Å². The van der Waals surface area contributed by atoms with Crippen molar-refractivity contribution >= 4 is 23.5 Å². The van der Waals surface area contributed by atoms with Crippen LogP contribution in [0.25, 0.3) is 0 Å². The van der Waals surface area contributed by atoms with E-state index >= 15 is 0 Å². The molecule has 0 aromatic heterocycles. The number of aliphatic hydroxyl groups excluding tert-OH is 1. The molecule has 0 saturated heterocycles. The number of carbonyl (C=O) groups is 4. The Hall–Kier alpha value is -1.76. The third kappa shape index (κ3) is 13.9. The van der Waals surface area contributed by atoms with Gasteiger partial charge in [-0.3, -0.25) is 19.2 Å². The normalized spacial score (nSPS) is 17.1. The van der Waals surface area contributed by atoms with Gasteiger partial charge in [0.05, 0.1) is 18.9 Å². The number of ether oxygens (including phenoxy) is 1. The summed E-state index contributed by atoms with van der Waals surface area (Å²) in [4.78, 5) is 41.4. The Bertz CT molecular complexity index is 404. The molecule has 0 aromatic carbocycles. The molecule has 1 aliphatic rings. The van der Waals surface area contributed by atoms with Crippen LogP contribution in [0.1, 0.15) is 59.8 Å². The van der Waals surface area contributed by atoms with E-state index in [1.165, 1.54) is 0 Å². The van der Waals surface area contributed by atoms with Crippen LogP contribution in [0.5, 0.6) is 0 Å². The van der Waals surface area contributed by atoms with Gasteiger partial charge in [0.25, 0.3) is 0 Å². The standard InChI is InChI=1S/C7H14O3.C6H8O2.C4H8O2/c1-3-6(2)7(9)10-5-4-8;1-4-2-5(7)3-6(4)8;1-2-3-4(5)6/h6,8H,3-5H2,1-2H3;4H,2-3H2,1H3;2-3H2,1H3,(H,5,6). The van der Waals surface area contributed by atoms with Crippen molar-refractivity contribution in [3.05, 3.63) is 0 Å². The first kappa shape index (κ1) is 24.5. The predicted octanol–water partition coefficient (Wildman–Crippen LogP) is 1.99. The van der Waals surface area contributed by atoms with Crippen molar-refractivity contribution in [1.29, 1.82) is 0 Å². The van der Waals surface area contributed by atoms with Crippen molar-refractivity contribution in [2.45, 2.75) is 59.8 Å². The molecule has 140 valence electrons. The molecule has 2 atom stereocenters. The van der Waals surface area contributed by atoms with Crippen LogP contribution in [0.2, 0.25) is 0 Å². The van der Waals surface area contributed by atoms with Crippen molar-refractivity contribution in [2.75, 3.05) is 13.2 Å². The van der Waals surface area contributed by atoms with Crippen LogP contribution in [-0.2, 0) is 23.9 Å². The second kappa shape index (κ2) is 14.8. The fourth-order valence-corrected chi connectivity index (χ4v) is 1.57. The number of esters is 1.